The maximum Gasteiger partial charge on any atom is 0.0849 e. The molecule has 0 aliphatic carbocycles. The van der Waals surface area contributed by atoms with Crippen LogP contribution >= 0.6 is 11.6 Å². The molecule has 1 atom stereocenters. The molecule has 4 heteroatoms. The molecule has 0 amide bonds. The lowest BCUT2D eigenvalue weighted by Gasteiger charge is -2.12. The molecule has 1 N–H and O–H groups in total. The molecule has 0 fully saturated rings. The van der Waals surface area contributed by atoms with Crippen molar-refractivity contribution in [3.05, 3.63) is 16.4 Å². The van der Waals surface area contributed by atoms with Gasteiger partial charge in [0.15, 0.2) is 0 Å². The van der Waals surface area contributed by atoms with Crippen LogP contribution in [0.25, 0.3) is 0 Å². The summed E-state index contributed by atoms with van der Waals surface area (Å²) in [5.41, 5.74) is 2.24. The highest BCUT2D eigenvalue weighted by Gasteiger charge is 2.16. The third-order valence-corrected chi connectivity index (χ3v) is 3.56. The second-order valence-corrected chi connectivity index (χ2v) is 4.96. The molecule has 98 valence electrons. The van der Waals surface area contributed by atoms with Crippen molar-refractivity contribution in [1.82, 2.24) is 15.1 Å². The lowest BCUT2D eigenvalue weighted by molar-refractivity contribution is 0.488. The van der Waals surface area contributed by atoms with Gasteiger partial charge in [0.2, 0.25) is 0 Å². The summed E-state index contributed by atoms with van der Waals surface area (Å²) >= 11 is 6.39. The fourth-order valence-electron chi connectivity index (χ4n) is 2.04. The van der Waals surface area contributed by atoms with Crippen LogP contribution < -0.4 is 5.32 Å². The van der Waals surface area contributed by atoms with Crippen molar-refractivity contribution < 1.29 is 0 Å². The minimum Gasteiger partial charge on any atom is -0.320 e. The molecule has 0 radical (unpaired) electrons. The summed E-state index contributed by atoms with van der Waals surface area (Å²) in [6.07, 6.45) is 3.09. The fourth-order valence-corrected chi connectivity index (χ4v) is 2.38. The number of nitrogens with zero attached hydrogens (tertiary/aromatic N) is 2. The van der Waals surface area contributed by atoms with E-state index >= 15 is 0 Å². The zero-order valence-electron chi connectivity index (χ0n) is 11.4. The van der Waals surface area contributed by atoms with Crippen LogP contribution in [0.15, 0.2) is 0 Å². The van der Waals surface area contributed by atoms with Crippen LogP contribution in [0.3, 0.4) is 0 Å². The summed E-state index contributed by atoms with van der Waals surface area (Å²) in [5, 5.41) is 8.62. The molecule has 1 heterocycles. The van der Waals surface area contributed by atoms with Gasteiger partial charge in [-0.2, -0.15) is 5.10 Å². The SMILES string of the molecule is CCc1nn(CC)c(CC(C)CCNC)c1Cl. The molecule has 1 aromatic heterocycles. The number of hydrogen-bond acceptors (Lipinski definition) is 2. The van der Waals surface area contributed by atoms with Gasteiger partial charge in [0, 0.05) is 6.54 Å². The number of aromatic nitrogens is 2. The van der Waals surface area contributed by atoms with Gasteiger partial charge < -0.3 is 5.32 Å². The summed E-state index contributed by atoms with van der Waals surface area (Å²) in [6.45, 7) is 8.44. The van der Waals surface area contributed by atoms with E-state index in [0.29, 0.717) is 5.92 Å². The Morgan fingerprint density at radius 2 is 2.12 bits per heavy atom. The number of aryl methyl sites for hydroxylation is 2. The average Bonchev–Trinajstić information content (AvgIpc) is 2.63. The number of nitrogens with one attached hydrogen (secondary N) is 1. The largest absolute Gasteiger partial charge is 0.320 e. The number of hydrogen-bond donors (Lipinski definition) is 1. The average molecular weight is 258 g/mol. The summed E-state index contributed by atoms with van der Waals surface area (Å²) < 4.78 is 2.05. The quantitative estimate of drug-likeness (QED) is 0.814. The molecular weight excluding hydrogens is 234 g/mol. The van der Waals surface area contributed by atoms with Crippen molar-refractivity contribution in [1.29, 1.82) is 0 Å². The molecule has 3 nitrogen and oxygen atoms in total. The van der Waals surface area contributed by atoms with Crippen LogP contribution in [-0.2, 0) is 19.4 Å². The number of rotatable bonds is 7. The lowest BCUT2D eigenvalue weighted by atomic mass is 10.0. The Balaban J connectivity index is 2.78. The highest BCUT2D eigenvalue weighted by Crippen LogP contribution is 2.24. The summed E-state index contributed by atoms with van der Waals surface area (Å²) in [4.78, 5) is 0. The molecule has 1 aromatic rings. The highest BCUT2D eigenvalue weighted by molar-refractivity contribution is 6.31. The van der Waals surface area contributed by atoms with Crippen molar-refractivity contribution in [3.63, 3.8) is 0 Å². The molecule has 17 heavy (non-hydrogen) atoms. The van der Waals surface area contributed by atoms with Crippen LogP contribution in [0.4, 0.5) is 0 Å². The van der Waals surface area contributed by atoms with Crippen molar-refractivity contribution in [2.24, 2.45) is 5.92 Å². The number of halogens is 1. The topological polar surface area (TPSA) is 29.9 Å². The van der Waals surface area contributed by atoms with E-state index in [9.17, 15) is 0 Å². The van der Waals surface area contributed by atoms with Gasteiger partial charge >= 0.3 is 0 Å². The molecule has 0 saturated heterocycles. The minimum atomic E-state index is 0.631. The van der Waals surface area contributed by atoms with E-state index < -0.39 is 0 Å². The second kappa shape index (κ2) is 7.02. The van der Waals surface area contributed by atoms with Crippen molar-refractivity contribution in [2.75, 3.05) is 13.6 Å². The third-order valence-electron chi connectivity index (χ3n) is 3.12. The Hall–Kier alpha value is -0.540. The van der Waals surface area contributed by atoms with E-state index in [2.05, 4.69) is 35.9 Å². The normalized spacial score (nSPS) is 13.0. The second-order valence-electron chi connectivity index (χ2n) is 4.58. The lowest BCUT2D eigenvalue weighted by Crippen LogP contribution is -2.14. The first-order valence-electron chi connectivity index (χ1n) is 6.52. The van der Waals surface area contributed by atoms with E-state index in [1.165, 1.54) is 12.1 Å². The predicted molar refractivity (Wildman–Crippen MR) is 73.7 cm³/mol. The Labute approximate surface area is 110 Å². The molecule has 0 aliphatic rings. The minimum absolute atomic E-state index is 0.631. The van der Waals surface area contributed by atoms with Gasteiger partial charge in [0.1, 0.15) is 0 Å². The van der Waals surface area contributed by atoms with E-state index in [1.54, 1.807) is 0 Å². The first-order valence-corrected chi connectivity index (χ1v) is 6.90. The Bertz CT molecular complexity index is 347. The van der Waals surface area contributed by atoms with Gasteiger partial charge in [-0.25, -0.2) is 0 Å². The summed E-state index contributed by atoms with van der Waals surface area (Å²) in [5.74, 6) is 0.631. The molecule has 0 bridgehead atoms. The van der Waals surface area contributed by atoms with Crippen LogP contribution in [-0.4, -0.2) is 23.4 Å². The van der Waals surface area contributed by atoms with Gasteiger partial charge in [0.25, 0.3) is 0 Å². The van der Waals surface area contributed by atoms with Crippen LogP contribution in [0.5, 0.6) is 0 Å². The van der Waals surface area contributed by atoms with Gasteiger partial charge in [-0.1, -0.05) is 25.4 Å². The molecule has 0 saturated carbocycles. The van der Waals surface area contributed by atoms with E-state index in [4.69, 9.17) is 11.6 Å². The molecule has 0 aliphatic heterocycles. The Morgan fingerprint density at radius 3 is 2.65 bits per heavy atom. The van der Waals surface area contributed by atoms with Gasteiger partial charge in [-0.15, -0.1) is 0 Å². The maximum atomic E-state index is 6.39. The predicted octanol–water partition coefficient (Wildman–Crippen LogP) is 2.91. The summed E-state index contributed by atoms with van der Waals surface area (Å²) in [7, 11) is 1.99. The third kappa shape index (κ3) is 3.71. The monoisotopic (exact) mass is 257 g/mol. The van der Waals surface area contributed by atoms with E-state index in [-0.39, 0.29) is 0 Å². The van der Waals surface area contributed by atoms with Gasteiger partial charge in [-0.05, 0) is 45.7 Å². The standard InChI is InChI=1S/C13H24ClN3/c1-5-11-13(14)12(17(6-2)16-11)9-10(3)7-8-15-4/h10,15H,5-9H2,1-4H3. The van der Waals surface area contributed by atoms with E-state index in [1.807, 2.05) is 7.05 Å². The zero-order chi connectivity index (χ0) is 12.8. The highest BCUT2D eigenvalue weighted by atomic mass is 35.5. The Kier molecular flexibility index (Phi) is 6.00. The van der Waals surface area contributed by atoms with Crippen LogP contribution in [0, 0.1) is 5.92 Å². The van der Waals surface area contributed by atoms with Crippen LogP contribution in [0.2, 0.25) is 5.02 Å². The van der Waals surface area contributed by atoms with Crippen LogP contribution in [0.1, 0.15) is 38.6 Å². The maximum absolute atomic E-state index is 6.39. The molecular formula is C13H24ClN3. The molecule has 1 rings (SSSR count). The van der Waals surface area contributed by atoms with Crippen molar-refractivity contribution >= 4 is 11.6 Å². The smallest absolute Gasteiger partial charge is 0.0849 e. The van der Waals surface area contributed by atoms with Gasteiger partial charge in [0.05, 0.1) is 16.4 Å². The van der Waals surface area contributed by atoms with E-state index in [0.717, 1.165) is 36.6 Å². The van der Waals surface area contributed by atoms with Crippen molar-refractivity contribution in [3.8, 4) is 0 Å². The van der Waals surface area contributed by atoms with Crippen molar-refractivity contribution in [2.45, 2.75) is 46.6 Å². The first kappa shape index (κ1) is 14.5. The Morgan fingerprint density at radius 1 is 1.41 bits per heavy atom. The zero-order valence-corrected chi connectivity index (χ0v) is 12.1. The summed E-state index contributed by atoms with van der Waals surface area (Å²) in [6, 6.07) is 0. The molecule has 0 spiro atoms. The molecule has 1 unspecified atom stereocenters. The fraction of sp³-hybridized carbons (Fsp3) is 0.769. The molecule has 0 aromatic carbocycles. The first-order chi connectivity index (χ1) is 8.13. The van der Waals surface area contributed by atoms with Gasteiger partial charge in [-0.3, -0.25) is 4.68 Å².